The monoisotopic (exact) mass is 287 g/mol. The van der Waals surface area contributed by atoms with Crippen molar-refractivity contribution >= 4 is 31.6 Å². The third-order valence-corrected chi connectivity index (χ3v) is 4.01. The highest BCUT2D eigenvalue weighted by Gasteiger charge is 2.09. The molecule has 0 aliphatic carbocycles. The van der Waals surface area contributed by atoms with Crippen molar-refractivity contribution in [3.63, 3.8) is 0 Å². The van der Waals surface area contributed by atoms with Crippen LogP contribution in [0.15, 0.2) is 16.2 Å². The predicted octanol–water partition coefficient (Wildman–Crippen LogP) is 0.316. The van der Waals surface area contributed by atoms with Crippen LogP contribution in [-0.4, -0.2) is 30.8 Å². The first-order valence-electron chi connectivity index (χ1n) is 5.28. The molecule has 0 fully saturated rings. The average molecular weight is 287 g/mol. The molecule has 0 aliphatic heterocycles. The van der Waals surface area contributed by atoms with Crippen LogP contribution in [0.5, 0.6) is 0 Å². The minimum atomic E-state index is -3.24. The summed E-state index contributed by atoms with van der Waals surface area (Å²) in [4.78, 5) is 17.1. The van der Waals surface area contributed by atoms with Crippen LogP contribution in [0.1, 0.15) is 5.82 Å². The molecule has 2 aromatic heterocycles. The number of thiophene rings is 1. The maximum absolute atomic E-state index is 12.1. The summed E-state index contributed by atoms with van der Waals surface area (Å²) in [5.74, 6) is 0.588. The lowest BCUT2D eigenvalue weighted by molar-refractivity contribution is 0.571. The van der Waals surface area contributed by atoms with E-state index in [4.69, 9.17) is 0 Å². The van der Waals surface area contributed by atoms with Crippen molar-refractivity contribution in [1.82, 2.24) is 14.3 Å². The van der Waals surface area contributed by atoms with Crippen LogP contribution in [0, 0.1) is 6.92 Å². The van der Waals surface area contributed by atoms with Gasteiger partial charge in [0.1, 0.15) is 10.7 Å². The van der Waals surface area contributed by atoms with Gasteiger partial charge in [0.25, 0.3) is 5.56 Å². The quantitative estimate of drug-likeness (QED) is 0.878. The first kappa shape index (κ1) is 13.2. The number of nitrogens with one attached hydrogen (secondary N) is 1. The Labute approximate surface area is 108 Å². The molecule has 0 unspecified atom stereocenters. The Morgan fingerprint density at radius 2 is 2.22 bits per heavy atom. The summed E-state index contributed by atoms with van der Waals surface area (Å²) in [6.07, 6.45) is 1.09. The van der Waals surface area contributed by atoms with E-state index in [2.05, 4.69) is 9.71 Å². The molecule has 0 aliphatic rings. The summed E-state index contributed by atoms with van der Waals surface area (Å²) >= 11 is 1.42. The third-order valence-electron chi connectivity index (χ3n) is 2.47. The van der Waals surface area contributed by atoms with Crippen LogP contribution < -0.4 is 10.3 Å². The molecule has 0 radical (unpaired) electrons. The van der Waals surface area contributed by atoms with E-state index in [1.165, 1.54) is 15.9 Å². The van der Waals surface area contributed by atoms with Gasteiger partial charge in [-0.15, -0.1) is 11.3 Å². The van der Waals surface area contributed by atoms with E-state index in [-0.39, 0.29) is 18.6 Å². The SMILES string of the molecule is Cc1nc2sccc2c(=O)n1CCNS(C)(=O)=O. The number of aryl methyl sites for hydroxylation is 1. The van der Waals surface area contributed by atoms with Crippen molar-refractivity contribution in [2.24, 2.45) is 0 Å². The van der Waals surface area contributed by atoms with Crippen LogP contribution in [-0.2, 0) is 16.6 Å². The van der Waals surface area contributed by atoms with Gasteiger partial charge in [-0.3, -0.25) is 9.36 Å². The molecule has 0 saturated carbocycles. The molecule has 2 aromatic rings. The molecular formula is C10H13N3O3S2. The molecule has 0 spiro atoms. The van der Waals surface area contributed by atoms with Crippen LogP contribution in [0.3, 0.4) is 0 Å². The first-order chi connectivity index (χ1) is 8.38. The fraction of sp³-hybridized carbons (Fsp3) is 0.400. The van der Waals surface area contributed by atoms with Gasteiger partial charge in [-0.1, -0.05) is 0 Å². The lowest BCUT2D eigenvalue weighted by Crippen LogP contribution is -2.31. The molecular weight excluding hydrogens is 274 g/mol. The van der Waals surface area contributed by atoms with Crippen molar-refractivity contribution in [2.75, 3.05) is 12.8 Å². The maximum Gasteiger partial charge on any atom is 0.262 e. The molecule has 0 amide bonds. The second-order valence-electron chi connectivity index (χ2n) is 3.92. The smallest absolute Gasteiger partial charge is 0.262 e. The van der Waals surface area contributed by atoms with Crippen molar-refractivity contribution < 1.29 is 8.42 Å². The first-order valence-corrected chi connectivity index (χ1v) is 8.05. The number of rotatable bonds is 4. The Morgan fingerprint density at radius 3 is 2.89 bits per heavy atom. The van der Waals surface area contributed by atoms with Gasteiger partial charge in [0, 0.05) is 13.1 Å². The number of sulfonamides is 1. The molecule has 6 nitrogen and oxygen atoms in total. The minimum Gasteiger partial charge on any atom is -0.295 e. The number of aromatic nitrogens is 2. The fourth-order valence-corrected chi connectivity index (χ4v) is 2.92. The summed E-state index contributed by atoms with van der Waals surface area (Å²) in [6, 6.07) is 1.73. The van der Waals surface area contributed by atoms with Crippen LogP contribution >= 0.6 is 11.3 Å². The van der Waals surface area contributed by atoms with Crippen LogP contribution in [0.4, 0.5) is 0 Å². The van der Waals surface area contributed by atoms with Crippen LogP contribution in [0.25, 0.3) is 10.2 Å². The molecule has 0 bridgehead atoms. The van der Waals surface area contributed by atoms with E-state index in [0.29, 0.717) is 16.0 Å². The Bertz CT molecular complexity index is 730. The lowest BCUT2D eigenvalue weighted by atomic mass is 10.4. The van der Waals surface area contributed by atoms with E-state index in [0.717, 1.165) is 6.26 Å². The standard InChI is InChI=1S/C10H13N3O3S2/c1-7-12-9-8(3-6-17-9)10(14)13(7)5-4-11-18(2,15)16/h3,6,11H,4-5H2,1-2H3. The Hall–Kier alpha value is -1.25. The van der Waals surface area contributed by atoms with Crippen LogP contribution in [0.2, 0.25) is 0 Å². The zero-order valence-electron chi connectivity index (χ0n) is 10.0. The topological polar surface area (TPSA) is 81.1 Å². The zero-order valence-corrected chi connectivity index (χ0v) is 11.6. The van der Waals surface area contributed by atoms with Gasteiger partial charge in [-0.2, -0.15) is 0 Å². The third kappa shape index (κ3) is 2.77. The Balaban J connectivity index is 2.30. The molecule has 0 saturated heterocycles. The second-order valence-corrected chi connectivity index (χ2v) is 6.65. The fourth-order valence-electron chi connectivity index (χ4n) is 1.66. The Morgan fingerprint density at radius 1 is 1.50 bits per heavy atom. The number of nitrogens with zero attached hydrogens (tertiary/aromatic N) is 2. The number of hydrogen-bond donors (Lipinski definition) is 1. The highest BCUT2D eigenvalue weighted by molar-refractivity contribution is 7.88. The van der Waals surface area contributed by atoms with E-state index in [1.54, 1.807) is 13.0 Å². The molecule has 98 valence electrons. The van der Waals surface area contributed by atoms with Gasteiger partial charge in [0.05, 0.1) is 11.6 Å². The van der Waals surface area contributed by atoms with E-state index in [9.17, 15) is 13.2 Å². The summed E-state index contributed by atoms with van der Waals surface area (Å²) < 4.78 is 25.7. The zero-order chi connectivity index (χ0) is 13.3. The van der Waals surface area contributed by atoms with Crippen molar-refractivity contribution in [1.29, 1.82) is 0 Å². The molecule has 18 heavy (non-hydrogen) atoms. The van der Waals surface area contributed by atoms with Gasteiger partial charge in [0.15, 0.2) is 0 Å². The van der Waals surface area contributed by atoms with Gasteiger partial charge < -0.3 is 0 Å². The summed E-state index contributed by atoms with van der Waals surface area (Å²) in [5.41, 5.74) is -0.131. The van der Waals surface area contributed by atoms with Gasteiger partial charge >= 0.3 is 0 Å². The van der Waals surface area contributed by atoms with Gasteiger partial charge in [-0.05, 0) is 18.4 Å². The Kier molecular flexibility index (Phi) is 3.51. The minimum absolute atomic E-state index is 0.131. The molecule has 8 heteroatoms. The van der Waals surface area contributed by atoms with Gasteiger partial charge in [0.2, 0.25) is 10.0 Å². The van der Waals surface area contributed by atoms with Crippen molar-refractivity contribution in [3.05, 3.63) is 27.6 Å². The van der Waals surface area contributed by atoms with Gasteiger partial charge in [-0.25, -0.2) is 18.1 Å². The average Bonchev–Trinajstić information content (AvgIpc) is 2.69. The lowest BCUT2D eigenvalue weighted by Gasteiger charge is -2.09. The molecule has 0 atom stereocenters. The summed E-state index contributed by atoms with van der Waals surface area (Å²) in [6.45, 7) is 2.19. The molecule has 2 rings (SSSR count). The molecule has 2 heterocycles. The number of fused-ring (bicyclic) bond motifs is 1. The van der Waals surface area contributed by atoms with E-state index < -0.39 is 10.0 Å². The largest absolute Gasteiger partial charge is 0.295 e. The normalized spacial score (nSPS) is 12.1. The van der Waals surface area contributed by atoms with E-state index in [1.807, 2.05) is 5.38 Å². The summed E-state index contributed by atoms with van der Waals surface area (Å²) in [7, 11) is -3.24. The van der Waals surface area contributed by atoms with E-state index >= 15 is 0 Å². The predicted molar refractivity (Wildman–Crippen MR) is 71.5 cm³/mol. The maximum atomic E-state index is 12.1. The second kappa shape index (κ2) is 4.79. The van der Waals surface area contributed by atoms with Crippen molar-refractivity contribution in [3.8, 4) is 0 Å². The molecule has 1 N–H and O–H groups in total. The number of hydrogen-bond acceptors (Lipinski definition) is 5. The van der Waals surface area contributed by atoms with Crippen molar-refractivity contribution in [2.45, 2.75) is 13.5 Å². The highest BCUT2D eigenvalue weighted by atomic mass is 32.2. The summed E-state index contributed by atoms with van der Waals surface area (Å²) in [5, 5.41) is 2.39. The molecule has 0 aromatic carbocycles. The highest BCUT2D eigenvalue weighted by Crippen LogP contribution is 2.14.